The van der Waals surface area contributed by atoms with Gasteiger partial charge in [-0.15, -0.1) is 0 Å². The molecular formula is C17H17ClNO3S. The number of benzene rings is 2. The molecule has 2 aromatic rings. The molecule has 0 amide bonds. The van der Waals surface area contributed by atoms with E-state index in [0.29, 0.717) is 0 Å². The molecule has 0 aliphatic heterocycles. The van der Waals surface area contributed by atoms with Crippen LogP contribution in [0.3, 0.4) is 0 Å². The number of sulfone groups is 1. The molecular weight excluding hydrogens is 334 g/mol. The Morgan fingerprint density at radius 2 is 1.78 bits per heavy atom. The normalized spacial score (nSPS) is 13.0. The molecule has 0 aromatic heterocycles. The zero-order valence-electron chi connectivity index (χ0n) is 12.6. The Balaban J connectivity index is 2.18. The second kappa shape index (κ2) is 7.25. The molecule has 0 fully saturated rings. The van der Waals surface area contributed by atoms with Gasteiger partial charge in [0.1, 0.15) is 0 Å². The number of carbonyl (C=O) groups excluding carboxylic acids is 1. The second-order valence-corrected chi connectivity index (χ2v) is 7.74. The predicted octanol–water partition coefficient (Wildman–Crippen LogP) is 2.64. The summed E-state index contributed by atoms with van der Waals surface area (Å²) in [4.78, 5) is 12.3. The number of carbonyl (C=O) groups is 1. The van der Waals surface area contributed by atoms with E-state index < -0.39 is 26.4 Å². The Bertz CT molecular complexity index is 790. The summed E-state index contributed by atoms with van der Waals surface area (Å²) < 4.78 is 24.1. The fourth-order valence-electron chi connectivity index (χ4n) is 2.12. The van der Waals surface area contributed by atoms with Crippen molar-refractivity contribution in [1.29, 1.82) is 0 Å². The molecule has 0 unspecified atom stereocenters. The van der Waals surface area contributed by atoms with E-state index in [0.717, 1.165) is 11.1 Å². The van der Waals surface area contributed by atoms with Crippen LogP contribution < -0.4 is 5.73 Å². The van der Waals surface area contributed by atoms with Gasteiger partial charge in [0.15, 0.2) is 5.78 Å². The minimum Gasteiger partial charge on any atom is -0.321 e. The summed E-state index contributed by atoms with van der Waals surface area (Å²) in [5, 5.41) is 0. The maximum Gasteiger partial charge on any atom is 0.249 e. The smallest absolute Gasteiger partial charge is 0.249 e. The van der Waals surface area contributed by atoms with E-state index in [1.165, 1.54) is 12.1 Å². The van der Waals surface area contributed by atoms with Crippen molar-refractivity contribution in [1.82, 2.24) is 0 Å². The van der Waals surface area contributed by atoms with Crippen molar-refractivity contribution in [2.45, 2.75) is 24.3 Å². The van der Waals surface area contributed by atoms with E-state index >= 15 is 0 Å². The molecule has 2 aromatic carbocycles. The van der Waals surface area contributed by atoms with Crippen molar-refractivity contribution in [3.05, 3.63) is 70.4 Å². The molecule has 0 saturated carbocycles. The van der Waals surface area contributed by atoms with Gasteiger partial charge in [-0.2, -0.15) is 0 Å². The topological polar surface area (TPSA) is 77.2 Å². The van der Waals surface area contributed by atoms with Crippen LogP contribution in [0.15, 0.2) is 59.5 Å². The summed E-state index contributed by atoms with van der Waals surface area (Å²) in [7, 11) is -4.05. The zero-order valence-corrected chi connectivity index (χ0v) is 14.1. The predicted molar refractivity (Wildman–Crippen MR) is 90.6 cm³/mol. The van der Waals surface area contributed by atoms with Gasteiger partial charge in [-0.05, 0) is 36.6 Å². The van der Waals surface area contributed by atoms with Crippen LogP contribution in [0.5, 0.6) is 0 Å². The molecule has 121 valence electrons. The fourth-order valence-corrected chi connectivity index (χ4v) is 3.75. The Hall–Kier alpha value is -1.69. The van der Waals surface area contributed by atoms with Crippen LogP contribution >= 0.6 is 11.6 Å². The summed E-state index contributed by atoms with van der Waals surface area (Å²) in [6.45, 7) is 1.76. The molecule has 1 atom stereocenters. The van der Waals surface area contributed by atoms with Crippen LogP contribution in [-0.2, 0) is 21.1 Å². The van der Waals surface area contributed by atoms with Crippen LogP contribution in [0, 0.1) is 11.6 Å². The summed E-state index contributed by atoms with van der Waals surface area (Å²) in [6.07, 6.45) is 0.221. The highest BCUT2D eigenvalue weighted by atomic mass is 35.5. The lowest BCUT2D eigenvalue weighted by Gasteiger charge is -2.15. The van der Waals surface area contributed by atoms with Crippen LogP contribution in [0.4, 0.5) is 0 Å². The monoisotopic (exact) mass is 350 g/mol. The van der Waals surface area contributed by atoms with E-state index in [-0.39, 0.29) is 11.3 Å². The Morgan fingerprint density at radius 3 is 2.39 bits per heavy atom. The summed E-state index contributed by atoms with van der Waals surface area (Å²) in [6, 6.07) is 14.3. The fraction of sp³-hybridized carbons (Fsp3) is 0.176. The minimum absolute atomic E-state index is 0.0113. The average Bonchev–Trinajstić information content (AvgIpc) is 2.54. The van der Waals surface area contributed by atoms with Gasteiger partial charge >= 0.3 is 0 Å². The SMILES string of the molecule is Cc1cccc(S(=O)(=O)[C](Cl)C(=O)[C@@H](N)Cc2ccccc2)c1. The van der Waals surface area contributed by atoms with Gasteiger partial charge in [0.05, 0.1) is 10.9 Å². The van der Waals surface area contributed by atoms with Crippen molar-refractivity contribution in [2.75, 3.05) is 0 Å². The molecule has 2 N–H and O–H groups in total. The average molecular weight is 351 g/mol. The molecule has 6 heteroatoms. The highest BCUT2D eigenvalue weighted by Crippen LogP contribution is 2.27. The van der Waals surface area contributed by atoms with Crippen LogP contribution in [0.25, 0.3) is 0 Å². The standard InChI is InChI=1S/C17H17ClNO3S/c1-12-6-5-9-14(10-12)23(21,22)17(18)16(20)15(19)11-13-7-3-2-4-8-13/h2-10,15H,11,19H2,1H3/t15-/m0/s1. The lowest BCUT2D eigenvalue weighted by atomic mass is 10.0. The lowest BCUT2D eigenvalue weighted by molar-refractivity contribution is -0.116. The van der Waals surface area contributed by atoms with Gasteiger partial charge < -0.3 is 5.73 Å². The molecule has 0 heterocycles. The first-order valence-corrected chi connectivity index (χ1v) is 8.86. The molecule has 0 saturated heterocycles. The van der Waals surface area contributed by atoms with Crippen molar-refractivity contribution in [2.24, 2.45) is 5.73 Å². The molecule has 0 aliphatic rings. The van der Waals surface area contributed by atoms with Gasteiger partial charge in [-0.1, -0.05) is 54.1 Å². The Kier molecular flexibility index (Phi) is 5.57. The van der Waals surface area contributed by atoms with Gasteiger partial charge in [-0.3, -0.25) is 4.79 Å². The number of nitrogens with two attached hydrogens (primary N) is 1. The first kappa shape index (κ1) is 17.7. The highest BCUT2D eigenvalue weighted by molar-refractivity contribution is 7.96. The molecule has 23 heavy (non-hydrogen) atoms. The summed E-state index contributed by atoms with van der Waals surface area (Å²) >= 11 is 5.87. The second-order valence-electron chi connectivity index (χ2n) is 5.25. The molecule has 0 bridgehead atoms. The number of hydrogen-bond acceptors (Lipinski definition) is 4. The number of hydrogen-bond donors (Lipinski definition) is 1. The number of rotatable bonds is 6. The highest BCUT2D eigenvalue weighted by Gasteiger charge is 2.36. The first-order valence-electron chi connectivity index (χ1n) is 7.00. The number of Topliss-reactive ketones (excluding diaryl/α,β-unsaturated/α-hetero) is 1. The van der Waals surface area contributed by atoms with Crippen molar-refractivity contribution in [3.63, 3.8) is 0 Å². The summed E-state index contributed by atoms with van der Waals surface area (Å²) in [5.74, 6) is -0.781. The molecule has 0 aliphatic carbocycles. The Morgan fingerprint density at radius 1 is 1.13 bits per heavy atom. The third kappa shape index (κ3) is 4.19. The van der Waals surface area contributed by atoms with E-state index in [1.54, 1.807) is 19.1 Å². The zero-order chi connectivity index (χ0) is 17.0. The van der Waals surface area contributed by atoms with Gasteiger partial charge in [0.25, 0.3) is 0 Å². The minimum atomic E-state index is -4.05. The van der Waals surface area contributed by atoms with E-state index in [4.69, 9.17) is 17.3 Å². The lowest BCUT2D eigenvalue weighted by Crippen LogP contribution is -2.37. The van der Waals surface area contributed by atoms with Crippen molar-refractivity contribution >= 4 is 27.2 Å². The van der Waals surface area contributed by atoms with Gasteiger partial charge in [-0.25, -0.2) is 8.42 Å². The maximum absolute atomic E-state index is 12.4. The Labute approximate surface area is 141 Å². The molecule has 0 spiro atoms. The van der Waals surface area contributed by atoms with Crippen LogP contribution in [-0.4, -0.2) is 20.2 Å². The number of ketones is 1. The molecule has 4 nitrogen and oxygen atoms in total. The third-order valence-corrected chi connectivity index (χ3v) is 5.71. The van der Waals surface area contributed by atoms with E-state index in [1.807, 2.05) is 30.3 Å². The van der Waals surface area contributed by atoms with E-state index in [2.05, 4.69) is 0 Å². The van der Waals surface area contributed by atoms with E-state index in [9.17, 15) is 13.2 Å². The molecule has 2 rings (SSSR count). The first-order chi connectivity index (χ1) is 10.8. The quantitative estimate of drug-likeness (QED) is 0.868. The number of halogens is 1. The maximum atomic E-state index is 12.4. The largest absolute Gasteiger partial charge is 0.321 e. The van der Waals surface area contributed by atoms with Crippen molar-refractivity contribution in [3.8, 4) is 0 Å². The van der Waals surface area contributed by atoms with Crippen LogP contribution in [0.2, 0.25) is 0 Å². The van der Waals surface area contributed by atoms with Crippen LogP contribution in [0.1, 0.15) is 11.1 Å². The summed E-state index contributed by atoms with van der Waals surface area (Å²) in [5.41, 5.74) is 7.43. The third-order valence-electron chi connectivity index (χ3n) is 3.36. The van der Waals surface area contributed by atoms with Gasteiger partial charge in [0, 0.05) is 0 Å². The van der Waals surface area contributed by atoms with Crippen molar-refractivity contribution < 1.29 is 13.2 Å². The van der Waals surface area contributed by atoms with Gasteiger partial charge in [0.2, 0.25) is 14.5 Å². The molecule has 1 radical (unpaired) electrons. The number of aryl methyl sites for hydroxylation is 1.